The highest BCUT2D eigenvalue weighted by atomic mass is 35.5. The molecule has 1 aromatic heterocycles. The Kier molecular flexibility index (Phi) is 3.32. The van der Waals surface area contributed by atoms with Gasteiger partial charge >= 0.3 is 0 Å². The Bertz CT molecular complexity index is 367. The minimum Gasteiger partial charge on any atom is -0.334 e. The topological polar surface area (TPSA) is 22.0 Å². The van der Waals surface area contributed by atoms with Crippen molar-refractivity contribution in [2.75, 3.05) is 0 Å². The smallest absolute Gasteiger partial charge is 0.183 e. The Labute approximate surface area is 82.5 Å². The summed E-state index contributed by atoms with van der Waals surface area (Å²) in [5, 5.41) is 0.460. The first-order valence-corrected chi connectivity index (χ1v) is 4.54. The number of aromatic nitrogens is 1. The number of hydrogen-bond acceptors (Lipinski definition) is 1. The molecule has 70 valence electrons. The fourth-order valence-electron chi connectivity index (χ4n) is 0.964. The van der Waals surface area contributed by atoms with Gasteiger partial charge in [0, 0.05) is 24.9 Å². The highest BCUT2D eigenvalue weighted by molar-refractivity contribution is 6.29. The molecule has 0 saturated heterocycles. The van der Waals surface area contributed by atoms with Crippen LogP contribution in [-0.2, 0) is 6.54 Å². The van der Waals surface area contributed by atoms with Gasteiger partial charge in [-0.2, -0.15) is 0 Å². The molecule has 0 aliphatic carbocycles. The van der Waals surface area contributed by atoms with E-state index < -0.39 is 0 Å². The van der Waals surface area contributed by atoms with Crippen molar-refractivity contribution in [1.82, 2.24) is 4.57 Å². The number of hydrogen-bond donors (Lipinski definition) is 0. The molecule has 0 aromatic carbocycles. The lowest BCUT2D eigenvalue weighted by atomic mass is 10.2. The van der Waals surface area contributed by atoms with Crippen LogP contribution in [0.3, 0.4) is 0 Å². The number of rotatable bonds is 3. The monoisotopic (exact) mass is 197 g/mol. The number of halogens is 1. The van der Waals surface area contributed by atoms with Crippen LogP contribution in [0.4, 0.5) is 0 Å². The summed E-state index contributed by atoms with van der Waals surface area (Å²) < 4.78 is 1.80. The molecule has 0 saturated carbocycles. The molecule has 0 aliphatic rings. The molecule has 0 bridgehead atoms. The minimum atomic E-state index is -0.0663. The van der Waals surface area contributed by atoms with E-state index in [1.807, 2.05) is 6.92 Å². The van der Waals surface area contributed by atoms with E-state index in [0.717, 1.165) is 12.0 Å². The van der Waals surface area contributed by atoms with Crippen LogP contribution >= 0.6 is 11.6 Å². The SMILES string of the molecule is C=C(CC)Cn1ccc(=O)cc1Cl. The second kappa shape index (κ2) is 4.28. The zero-order valence-electron chi connectivity index (χ0n) is 7.59. The third-order valence-electron chi connectivity index (χ3n) is 1.85. The van der Waals surface area contributed by atoms with E-state index in [4.69, 9.17) is 11.6 Å². The zero-order chi connectivity index (χ0) is 9.84. The van der Waals surface area contributed by atoms with Crippen molar-refractivity contribution in [2.24, 2.45) is 0 Å². The zero-order valence-corrected chi connectivity index (χ0v) is 8.34. The van der Waals surface area contributed by atoms with Gasteiger partial charge in [-0.05, 0) is 6.42 Å². The highest BCUT2D eigenvalue weighted by Gasteiger charge is 1.98. The van der Waals surface area contributed by atoms with Gasteiger partial charge in [0.05, 0.1) is 0 Å². The van der Waals surface area contributed by atoms with Crippen LogP contribution in [-0.4, -0.2) is 4.57 Å². The van der Waals surface area contributed by atoms with Crippen LogP contribution in [0.5, 0.6) is 0 Å². The first-order valence-electron chi connectivity index (χ1n) is 4.16. The van der Waals surface area contributed by atoms with E-state index in [0.29, 0.717) is 11.7 Å². The summed E-state index contributed by atoms with van der Waals surface area (Å²) in [6.45, 7) is 6.59. The molecule has 3 heteroatoms. The Morgan fingerprint density at radius 3 is 2.92 bits per heavy atom. The first-order chi connectivity index (χ1) is 6.13. The average Bonchev–Trinajstić information content (AvgIpc) is 2.09. The Morgan fingerprint density at radius 2 is 2.38 bits per heavy atom. The van der Waals surface area contributed by atoms with Crippen LogP contribution in [0.25, 0.3) is 0 Å². The largest absolute Gasteiger partial charge is 0.334 e. The van der Waals surface area contributed by atoms with Crippen molar-refractivity contribution in [2.45, 2.75) is 19.9 Å². The fourth-order valence-corrected chi connectivity index (χ4v) is 1.19. The van der Waals surface area contributed by atoms with Gasteiger partial charge < -0.3 is 4.57 Å². The summed E-state index contributed by atoms with van der Waals surface area (Å²) in [4.78, 5) is 10.9. The van der Waals surface area contributed by atoms with E-state index >= 15 is 0 Å². The first kappa shape index (κ1) is 10.1. The lowest BCUT2D eigenvalue weighted by Gasteiger charge is -2.08. The second-order valence-corrected chi connectivity index (χ2v) is 3.30. The summed E-state index contributed by atoms with van der Waals surface area (Å²) >= 11 is 5.85. The molecule has 0 atom stereocenters. The van der Waals surface area contributed by atoms with Gasteiger partial charge in [0.2, 0.25) is 0 Å². The summed E-state index contributed by atoms with van der Waals surface area (Å²) in [6.07, 6.45) is 2.61. The van der Waals surface area contributed by atoms with Crippen molar-refractivity contribution < 1.29 is 0 Å². The van der Waals surface area contributed by atoms with Crippen molar-refractivity contribution in [3.63, 3.8) is 0 Å². The summed E-state index contributed by atoms with van der Waals surface area (Å²) in [5.74, 6) is 0. The number of pyridine rings is 1. The van der Waals surface area contributed by atoms with E-state index in [1.54, 1.807) is 10.8 Å². The molecule has 0 unspecified atom stereocenters. The summed E-state index contributed by atoms with van der Waals surface area (Å²) in [6, 6.07) is 2.90. The molecule has 1 rings (SSSR count). The van der Waals surface area contributed by atoms with Crippen LogP contribution in [0, 0.1) is 0 Å². The van der Waals surface area contributed by atoms with E-state index in [9.17, 15) is 4.79 Å². The Morgan fingerprint density at radius 1 is 1.69 bits per heavy atom. The molecule has 0 aliphatic heterocycles. The van der Waals surface area contributed by atoms with Crippen LogP contribution in [0.15, 0.2) is 35.3 Å². The second-order valence-electron chi connectivity index (χ2n) is 2.92. The number of nitrogens with zero attached hydrogens (tertiary/aromatic N) is 1. The molecule has 1 heterocycles. The van der Waals surface area contributed by atoms with Gasteiger partial charge in [0.1, 0.15) is 5.15 Å². The number of allylic oxidation sites excluding steroid dienone is 1. The lowest BCUT2D eigenvalue weighted by molar-refractivity contribution is 0.753. The van der Waals surface area contributed by atoms with Gasteiger partial charge in [-0.15, -0.1) is 0 Å². The highest BCUT2D eigenvalue weighted by Crippen LogP contribution is 2.08. The third kappa shape index (κ3) is 2.74. The molecule has 1 aromatic rings. The van der Waals surface area contributed by atoms with E-state index in [-0.39, 0.29) is 5.43 Å². The van der Waals surface area contributed by atoms with Gasteiger partial charge in [-0.3, -0.25) is 4.79 Å². The van der Waals surface area contributed by atoms with Gasteiger partial charge in [-0.1, -0.05) is 30.7 Å². The quantitative estimate of drug-likeness (QED) is 0.539. The van der Waals surface area contributed by atoms with Crippen molar-refractivity contribution in [3.05, 3.63) is 45.9 Å². The normalized spacial score (nSPS) is 10.0. The van der Waals surface area contributed by atoms with Crippen LogP contribution in [0.1, 0.15) is 13.3 Å². The van der Waals surface area contributed by atoms with E-state index in [1.165, 1.54) is 12.1 Å². The molecular weight excluding hydrogens is 186 g/mol. The molecular formula is C10H12ClNO. The Balaban J connectivity index is 2.90. The molecule has 0 amide bonds. The molecule has 0 fully saturated rings. The van der Waals surface area contributed by atoms with Crippen LogP contribution in [0.2, 0.25) is 5.15 Å². The molecule has 0 N–H and O–H groups in total. The van der Waals surface area contributed by atoms with Gasteiger partial charge in [-0.25, -0.2) is 0 Å². The standard InChI is InChI=1S/C10H12ClNO/c1-3-8(2)7-12-5-4-9(13)6-10(12)11/h4-6H,2-3,7H2,1H3. The molecule has 0 spiro atoms. The summed E-state index contributed by atoms with van der Waals surface area (Å²) in [5.41, 5.74) is 1.02. The summed E-state index contributed by atoms with van der Waals surface area (Å²) in [7, 11) is 0. The maximum absolute atomic E-state index is 10.9. The molecule has 0 radical (unpaired) electrons. The van der Waals surface area contributed by atoms with E-state index in [2.05, 4.69) is 6.58 Å². The maximum Gasteiger partial charge on any atom is 0.183 e. The molecule has 2 nitrogen and oxygen atoms in total. The van der Waals surface area contributed by atoms with Gasteiger partial charge in [0.25, 0.3) is 0 Å². The average molecular weight is 198 g/mol. The predicted octanol–water partition coefficient (Wildman–Crippen LogP) is 2.47. The lowest BCUT2D eigenvalue weighted by Crippen LogP contribution is -2.07. The Hall–Kier alpha value is -1.02. The van der Waals surface area contributed by atoms with Gasteiger partial charge in [0.15, 0.2) is 5.43 Å². The molecule has 13 heavy (non-hydrogen) atoms. The van der Waals surface area contributed by atoms with Crippen molar-refractivity contribution in [1.29, 1.82) is 0 Å². The third-order valence-corrected chi connectivity index (χ3v) is 2.17. The fraction of sp³-hybridized carbons (Fsp3) is 0.300. The minimum absolute atomic E-state index is 0.0663. The predicted molar refractivity (Wildman–Crippen MR) is 55.1 cm³/mol. The van der Waals surface area contributed by atoms with Crippen LogP contribution < -0.4 is 5.43 Å². The maximum atomic E-state index is 10.9. The van der Waals surface area contributed by atoms with Crippen molar-refractivity contribution in [3.8, 4) is 0 Å². The van der Waals surface area contributed by atoms with Crippen molar-refractivity contribution >= 4 is 11.6 Å².